The van der Waals surface area contributed by atoms with E-state index >= 15 is 0 Å². The van der Waals surface area contributed by atoms with Crippen molar-refractivity contribution in [3.8, 4) is 11.3 Å². The van der Waals surface area contributed by atoms with E-state index in [1.54, 1.807) is 13.1 Å². The van der Waals surface area contributed by atoms with Crippen LogP contribution in [0.15, 0.2) is 41.2 Å². The zero-order valence-corrected chi connectivity index (χ0v) is 8.77. The maximum absolute atomic E-state index is 11.2. The van der Waals surface area contributed by atoms with E-state index in [0.29, 0.717) is 0 Å². The molecule has 0 N–H and O–H groups in total. The summed E-state index contributed by atoms with van der Waals surface area (Å²) in [6.45, 7) is 2.03. The minimum absolute atomic E-state index is 0.0904. The molecule has 0 spiro atoms. The first-order valence-corrected chi connectivity index (χ1v) is 4.79. The molecule has 0 fully saturated rings. The third-order valence-corrected chi connectivity index (χ3v) is 2.38. The highest BCUT2D eigenvalue weighted by Crippen LogP contribution is 2.19. The van der Waals surface area contributed by atoms with E-state index in [9.17, 15) is 4.79 Å². The molecule has 2 rings (SSSR count). The molecule has 0 atom stereocenters. The van der Waals surface area contributed by atoms with Crippen LogP contribution in [-0.2, 0) is 7.05 Å². The maximum Gasteiger partial charge on any atom is 0.266 e. The molecule has 3 heteroatoms. The van der Waals surface area contributed by atoms with Crippen molar-refractivity contribution in [2.75, 3.05) is 0 Å². The molecule has 15 heavy (non-hydrogen) atoms. The smallest absolute Gasteiger partial charge is 0.266 e. The largest absolute Gasteiger partial charge is 0.268 e. The van der Waals surface area contributed by atoms with Crippen LogP contribution in [-0.4, -0.2) is 9.78 Å². The highest BCUT2D eigenvalue weighted by atomic mass is 16.1. The molecular weight excluding hydrogens is 188 g/mol. The van der Waals surface area contributed by atoms with Crippen molar-refractivity contribution < 1.29 is 0 Å². The van der Waals surface area contributed by atoms with E-state index in [2.05, 4.69) is 5.10 Å². The molecule has 0 aliphatic rings. The fourth-order valence-corrected chi connectivity index (χ4v) is 1.51. The fraction of sp³-hybridized carbons (Fsp3) is 0.167. The quantitative estimate of drug-likeness (QED) is 0.703. The molecule has 0 radical (unpaired) electrons. The molecular formula is C12H12N2O. The van der Waals surface area contributed by atoms with Gasteiger partial charge in [0, 0.05) is 18.7 Å². The molecule has 0 saturated heterocycles. The average molecular weight is 200 g/mol. The van der Waals surface area contributed by atoms with Gasteiger partial charge in [-0.1, -0.05) is 24.3 Å². The second-order valence-electron chi connectivity index (χ2n) is 3.50. The van der Waals surface area contributed by atoms with Crippen LogP contribution < -0.4 is 5.56 Å². The lowest BCUT2D eigenvalue weighted by atomic mass is 10.1. The second-order valence-corrected chi connectivity index (χ2v) is 3.50. The van der Waals surface area contributed by atoms with Crippen LogP contribution in [0.2, 0.25) is 0 Å². The Labute approximate surface area is 88.0 Å². The second kappa shape index (κ2) is 3.69. The van der Waals surface area contributed by atoms with Crippen molar-refractivity contribution in [2.45, 2.75) is 6.92 Å². The minimum Gasteiger partial charge on any atom is -0.268 e. The van der Waals surface area contributed by atoms with Crippen molar-refractivity contribution in [3.63, 3.8) is 0 Å². The van der Waals surface area contributed by atoms with Gasteiger partial charge in [-0.05, 0) is 18.6 Å². The molecule has 0 aliphatic heterocycles. The molecule has 0 amide bonds. The van der Waals surface area contributed by atoms with E-state index < -0.39 is 0 Å². The topological polar surface area (TPSA) is 34.9 Å². The van der Waals surface area contributed by atoms with E-state index in [-0.39, 0.29) is 5.56 Å². The molecule has 0 bridgehead atoms. The van der Waals surface area contributed by atoms with Gasteiger partial charge < -0.3 is 0 Å². The molecule has 2 aromatic rings. The summed E-state index contributed by atoms with van der Waals surface area (Å²) < 4.78 is 1.35. The van der Waals surface area contributed by atoms with Crippen LogP contribution in [0.3, 0.4) is 0 Å². The standard InChI is InChI=1S/C12H12N2O/c1-9-5-3-4-6-10(9)11-7-8-12(15)14(2)13-11/h3-8H,1-2H3. The number of aryl methyl sites for hydroxylation is 2. The zero-order chi connectivity index (χ0) is 10.8. The van der Waals surface area contributed by atoms with Gasteiger partial charge in [-0.15, -0.1) is 0 Å². The van der Waals surface area contributed by atoms with Gasteiger partial charge in [0.2, 0.25) is 0 Å². The Balaban J connectivity index is 2.60. The predicted octanol–water partition coefficient (Wildman–Crippen LogP) is 1.76. The molecule has 3 nitrogen and oxygen atoms in total. The van der Waals surface area contributed by atoms with Crippen LogP contribution in [0, 0.1) is 6.92 Å². The minimum atomic E-state index is -0.0904. The van der Waals surface area contributed by atoms with E-state index in [1.807, 2.05) is 31.2 Å². The Bertz CT molecular complexity index is 543. The lowest BCUT2D eigenvalue weighted by molar-refractivity contribution is 0.712. The lowest BCUT2D eigenvalue weighted by Gasteiger charge is -2.05. The molecule has 1 heterocycles. The Kier molecular flexibility index (Phi) is 2.37. The summed E-state index contributed by atoms with van der Waals surface area (Å²) in [7, 11) is 1.66. The number of rotatable bonds is 1. The van der Waals surface area contributed by atoms with Crippen molar-refractivity contribution in [3.05, 3.63) is 52.3 Å². The van der Waals surface area contributed by atoms with Gasteiger partial charge in [-0.25, -0.2) is 4.68 Å². The Morgan fingerprint density at radius 3 is 2.53 bits per heavy atom. The molecule has 76 valence electrons. The summed E-state index contributed by atoms with van der Waals surface area (Å²) in [4.78, 5) is 11.2. The van der Waals surface area contributed by atoms with Crippen molar-refractivity contribution in [2.24, 2.45) is 7.05 Å². The van der Waals surface area contributed by atoms with Crippen LogP contribution >= 0.6 is 0 Å². The summed E-state index contributed by atoms with van der Waals surface area (Å²) in [5, 5.41) is 4.21. The SMILES string of the molecule is Cc1ccccc1-c1ccc(=O)n(C)n1. The number of aromatic nitrogens is 2. The van der Waals surface area contributed by atoms with Crippen molar-refractivity contribution >= 4 is 0 Å². The molecule has 0 saturated carbocycles. The van der Waals surface area contributed by atoms with E-state index in [0.717, 1.165) is 16.8 Å². The van der Waals surface area contributed by atoms with E-state index in [1.165, 1.54) is 10.7 Å². The van der Waals surface area contributed by atoms with Gasteiger partial charge in [-0.2, -0.15) is 5.10 Å². The highest BCUT2D eigenvalue weighted by molar-refractivity contribution is 5.62. The number of benzene rings is 1. The molecule has 0 aliphatic carbocycles. The van der Waals surface area contributed by atoms with Crippen LogP contribution in [0.25, 0.3) is 11.3 Å². The molecule has 1 aromatic carbocycles. The van der Waals surface area contributed by atoms with Gasteiger partial charge in [0.15, 0.2) is 0 Å². The van der Waals surface area contributed by atoms with Crippen LogP contribution in [0.5, 0.6) is 0 Å². The van der Waals surface area contributed by atoms with Crippen molar-refractivity contribution in [1.82, 2.24) is 9.78 Å². The van der Waals surface area contributed by atoms with Crippen LogP contribution in [0.1, 0.15) is 5.56 Å². The summed E-state index contributed by atoms with van der Waals surface area (Å²) in [5.41, 5.74) is 2.96. The third kappa shape index (κ3) is 1.81. The van der Waals surface area contributed by atoms with Crippen molar-refractivity contribution in [1.29, 1.82) is 0 Å². The normalized spacial score (nSPS) is 10.3. The Morgan fingerprint density at radius 1 is 1.13 bits per heavy atom. The first kappa shape index (κ1) is 9.65. The first-order valence-electron chi connectivity index (χ1n) is 4.79. The highest BCUT2D eigenvalue weighted by Gasteiger charge is 2.03. The third-order valence-electron chi connectivity index (χ3n) is 2.38. The maximum atomic E-state index is 11.2. The number of hydrogen-bond acceptors (Lipinski definition) is 2. The average Bonchev–Trinajstić information content (AvgIpc) is 2.23. The van der Waals surface area contributed by atoms with Gasteiger partial charge in [0.25, 0.3) is 5.56 Å². The Hall–Kier alpha value is -1.90. The molecule has 0 unspecified atom stereocenters. The van der Waals surface area contributed by atoms with Gasteiger partial charge >= 0.3 is 0 Å². The fourth-order valence-electron chi connectivity index (χ4n) is 1.51. The van der Waals surface area contributed by atoms with Crippen LogP contribution in [0.4, 0.5) is 0 Å². The number of hydrogen-bond donors (Lipinski definition) is 0. The first-order chi connectivity index (χ1) is 7.18. The van der Waals surface area contributed by atoms with Gasteiger partial charge in [0.1, 0.15) is 0 Å². The van der Waals surface area contributed by atoms with Gasteiger partial charge in [-0.3, -0.25) is 4.79 Å². The monoisotopic (exact) mass is 200 g/mol. The zero-order valence-electron chi connectivity index (χ0n) is 8.77. The molecule has 1 aromatic heterocycles. The summed E-state index contributed by atoms with van der Waals surface area (Å²) in [6.07, 6.45) is 0. The van der Waals surface area contributed by atoms with E-state index in [4.69, 9.17) is 0 Å². The summed E-state index contributed by atoms with van der Waals surface area (Å²) >= 11 is 0. The predicted molar refractivity (Wildman–Crippen MR) is 59.7 cm³/mol. The number of nitrogens with zero attached hydrogens (tertiary/aromatic N) is 2. The van der Waals surface area contributed by atoms with Gasteiger partial charge in [0.05, 0.1) is 5.69 Å². The lowest BCUT2D eigenvalue weighted by Crippen LogP contribution is -2.18. The summed E-state index contributed by atoms with van der Waals surface area (Å²) in [5.74, 6) is 0. The summed E-state index contributed by atoms with van der Waals surface area (Å²) in [6, 6.07) is 11.3. The Morgan fingerprint density at radius 2 is 1.87 bits per heavy atom.